The molecule has 0 aliphatic heterocycles. The van der Waals surface area contributed by atoms with Crippen LogP contribution in [0.15, 0.2) is 47.5 Å². The minimum Gasteiger partial charge on any atom is -0.497 e. The summed E-state index contributed by atoms with van der Waals surface area (Å²) in [6, 6.07) is 12.1. The third-order valence-corrected chi connectivity index (χ3v) is 4.04. The summed E-state index contributed by atoms with van der Waals surface area (Å²) in [5.74, 6) is 0.850. The molecule has 0 atom stereocenters. The van der Waals surface area contributed by atoms with Crippen molar-refractivity contribution >= 4 is 11.9 Å². The smallest absolute Gasteiger partial charge is 0.251 e. The van der Waals surface area contributed by atoms with Crippen molar-refractivity contribution in [3.63, 3.8) is 0 Å². The molecular formula is C21H27FN4O2. The van der Waals surface area contributed by atoms with E-state index < -0.39 is 0 Å². The molecule has 28 heavy (non-hydrogen) atoms. The zero-order valence-electron chi connectivity index (χ0n) is 16.5. The standard InChI is InChI=1S/C21H27FN4O2/c1-4-23-21(26-14-16-9-8-15(2)19(22)12-16)25-11-10-24-20(27)17-6-5-7-18(13-17)28-3/h5-9,12-13H,4,10-11,14H2,1-3H3,(H,24,27)(H2,23,25,26). The van der Waals surface area contributed by atoms with Crippen molar-refractivity contribution in [2.24, 2.45) is 4.99 Å². The number of nitrogens with zero attached hydrogens (tertiary/aromatic N) is 1. The Labute approximate surface area is 165 Å². The van der Waals surface area contributed by atoms with Gasteiger partial charge in [-0.3, -0.25) is 4.79 Å². The van der Waals surface area contributed by atoms with E-state index in [0.717, 1.165) is 5.56 Å². The van der Waals surface area contributed by atoms with Gasteiger partial charge in [0.15, 0.2) is 5.96 Å². The Morgan fingerprint density at radius 3 is 2.61 bits per heavy atom. The summed E-state index contributed by atoms with van der Waals surface area (Å²) in [7, 11) is 1.56. The molecule has 0 heterocycles. The van der Waals surface area contributed by atoms with Gasteiger partial charge in [-0.05, 0) is 49.2 Å². The van der Waals surface area contributed by atoms with Gasteiger partial charge in [-0.25, -0.2) is 9.38 Å². The summed E-state index contributed by atoms with van der Waals surface area (Å²) in [6.07, 6.45) is 0. The molecule has 2 rings (SSSR count). The predicted molar refractivity (Wildman–Crippen MR) is 109 cm³/mol. The normalized spacial score (nSPS) is 11.1. The third kappa shape index (κ3) is 6.57. The molecule has 0 aromatic heterocycles. The molecule has 0 unspecified atom stereocenters. The largest absolute Gasteiger partial charge is 0.497 e. The van der Waals surface area contributed by atoms with Crippen LogP contribution in [0.4, 0.5) is 4.39 Å². The van der Waals surface area contributed by atoms with Gasteiger partial charge in [-0.1, -0.05) is 18.2 Å². The number of carbonyl (C=O) groups excluding carboxylic acids is 1. The van der Waals surface area contributed by atoms with E-state index >= 15 is 0 Å². The summed E-state index contributed by atoms with van der Waals surface area (Å²) < 4.78 is 18.8. The Balaban J connectivity index is 1.83. The highest BCUT2D eigenvalue weighted by molar-refractivity contribution is 5.94. The maximum atomic E-state index is 13.6. The second kappa shape index (κ2) is 10.9. The number of aryl methyl sites for hydroxylation is 1. The number of halogens is 1. The average molecular weight is 386 g/mol. The van der Waals surface area contributed by atoms with Gasteiger partial charge in [0.1, 0.15) is 11.6 Å². The molecule has 0 fully saturated rings. The van der Waals surface area contributed by atoms with Gasteiger partial charge in [0, 0.05) is 25.2 Å². The Bertz CT molecular complexity index is 824. The highest BCUT2D eigenvalue weighted by Gasteiger charge is 2.06. The van der Waals surface area contributed by atoms with E-state index in [1.54, 1.807) is 44.4 Å². The van der Waals surface area contributed by atoms with Crippen molar-refractivity contribution in [3.05, 3.63) is 65.0 Å². The highest BCUT2D eigenvalue weighted by atomic mass is 19.1. The summed E-state index contributed by atoms with van der Waals surface area (Å²) in [5, 5.41) is 9.13. The fourth-order valence-electron chi connectivity index (χ4n) is 2.47. The maximum Gasteiger partial charge on any atom is 0.251 e. The van der Waals surface area contributed by atoms with Crippen LogP contribution < -0.4 is 20.7 Å². The van der Waals surface area contributed by atoms with Crippen LogP contribution in [0.1, 0.15) is 28.4 Å². The van der Waals surface area contributed by atoms with Crippen molar-refractivity contribution in [1.82, 2.24) is 16.0 Å². The summed E-state index contributed by atoms with van der Waals surface area (Å²) >= 11 is 0. The molecule has 0 bridgehead atoms. The highest BCUT2D eigenvalue weighted by Crippen LogP contribution is 2.12. The minimum absolute atomic E-state index is 0.169. The number of guanidine groups is 1. The first-order valence-corrected chi connectivity index (χ1v) is 9.23. The first kappa shape index (κ1) is 21.2. The number of hydrogen-bond donors (Lipinski definition) is 3. The van der Waals surface area contributed by atoms with Crippen molar-refractivity contribution in [2.75, 3.05) is 26.7 Å². The van der Waals surface area contributed by atoms with Gasteiger partial charge >= 0.3 is 0 Å². The van der Waals surface area contributed by atoms with E-state index in [9.17, 15) is 9.18 Å². The molecular weight excluding hydrogens is 359 g/mol. The first-order chi connectivity index (χ1) is 13.5. The van der Waals surface area contributed by atoms with E-state index in [-0.39, 0.29) is 11.7 Å². The number of benzene rings is 2. The van der Waals surface area contributed by atoms with Crippen molar-refractivity contribution in [3.8, 4) is 5.75 Å². The van der Waals surface area contributed by atoms with Crippen LogP contribution in [-0.4, -0.2) is 38.6 Å². The molecule has 150 valence electrons. The van der Waals surface area contributed by atoms with Gasteiger partial charge in [0.2, 0.25) is 0 Å². The number of amides is 1. The van der Waals surface area contributed by atoms with Gasteiger partial charge in [-0.15, -0.1) is 0 Å². The zero-order chi connectivity index (χ0) is 20.4. The molecule has 0 aliphatic rings. The van der Waals surface area contributed by atoms with Crippen molar-refractivity contribution in [2.45, 2.75) is 20.4 Å². The predicted octanol–water partition coefficient (Wildman–Crippen LogP) is 2.63. The van der Waals surface area contributed by atoms with E-state index in [1.165, 1.54) is 6.07 Å². The summed E-state index contributed by atoms with van der Waals surface area (Å²) in [5.41, 5.74) is 1.96. The van der Waals surface area contributed by atoms with Crippen LogP contribution in [0.3, 0.4) is 0 Å². The molecule has 0 saturated carbocycles. The summed E-state index contributed by atoms with van der Waals surface area (Å²) in [6.45, 7) is 5.69. The van der Waals surface area contributed by atoms with Gasteiger partial charge in [0.25, 0.3) is 5.91 Å². The Hall–Kier alpha value is -3.09. The van der Waals surface area contributed by atoms with Crippen molar-refractivity contribution < 1.29 is 13.9 Å². The lowest BCUT2D eigenvalue weighted by molar-refractivity contribution is 0.0954. The van der Waals surface area contributed by atoms with Crippen LogP contribution in [0.25, 0.3) is 0 Å². The monoisotopic (exact) mass is 386 g/mol. The van der Waals surface area contributed by atoms with Crippen LogP contribution in [0, 0.1) is 12.7 Å². The van der Waals surface area contributed by atoms with E-state index in [0.29, 0.717) is 49.0 Å². The van der Waals surface area contributed by atoms with E-state index in [4.69, 9.17) is 4.74 Å². The second-order valence-electron chi connectivity index (χ2n) is 6.19. The SMILES string of the molecule is CCNC(=NCc1ccc(C)c(F)c1)NCCNC(=O)c1cccc(OC)c1. The Morgan fingerprint density at radius 2 is 1.89 bits per heavy atom. The number of methoxy groups -OCH3 is 1. The lowest BCUT2D eigenvalue weighted by Crippen LogP contribution is -2.41. The molecule has 0 radical (unpaired) electrons. The van der Waals surface area contributed by atoms with Gasteiger partial charge in [-0.2, -0.15) is 0 Å². The lowest BCUT2D eigenvalue weighted by atomic mass is 10.1. The number of hydrogen-bond acceptors (Lipinski definition) is 3. The number of carbonyl (C=O) groups is 1. The second-order valence-corrected chi connectivity index (χ2v) is 6.19. The fourth-order valence-corrected chi connectivity index (χ4v) is 2.47. The Morgan fingerprint density at radius 1 is 1.11 bits per heavy atom. The van der Waals surface area contributed by atoms with Crippen LogP contribution in [-0.2, 0) is 6.54 Å². The minimum atomic E-state index is -0.231. The van der Waals surface area contributed by atoms with E-state index in [2.05, 4.69) is 20.9 Å². The molecule has 0 saturated heterocycles. The topological polar surface area (TPSA) is 74.8 Å². The van der Waals surface area contributed by atoms with E-state index in [1.807, 2.05) is 13.0 Å². The van der Waals surface area contributed by atoms with Crippen LogP contribution >= 0.6 is 0 Å². The Kier molecular flexibility index (Phi) is 8.27. The van der Waals surface area contributed by atoms with Crippen LogP contribution in [0.5, 0.6) is 5.75 Å². The first-order valence-electron chi connectivity index (χ1n) is 9.23. The number of ether oxygens (including phenoxy) is 1. The average Bonchev–Trinajstić information content (AvgIpc) is 2.71. The van der Waals surface area contributed by atoms with Gasteiger partial charge < -0.3 is 20.7 Å². The summed E-state index contributed by atoms with van der Waals surface area (Å²) in [4.78, 5) is 16.6. The third-order valence-electron chi connectivity index (χ3n) is 4.04. The molecule has 0 spiro atoms. The zero-order valence-corrected chi connectivity index (χ0v) is 16.5. The quantitative estimate of drug-likeness (QED) is 0.370. The molecule has 1 amide bonds. The molecule has 7 heteroatoms. The lowest BCUT2D eigenvalue weighted by Gasteiger charge is -2.12. The van der Waals surface area contributed by atoms with Crippen LogP contribution in [0.2, 0.25) is 0 Å². The number of rotatable bonds is 8. The number of nitrogens with one attached hydrogen (secondary N) is 3. The fraction of sp³-hybridized carbons (Fsp3) is 0.333. The molecule has 3 N–H and O–H groups in total. The molecule has 2 aromatic carbocycles. The number of aliphatic imine (C=N–C) groups is 1. The molecule has 2 aromatic rings. The maximum absolute atomic E-state index is 13.6. The van der Waals surface area contributed by atoms with Crippen molar-refractivity contribution in [1.29, 1.82) is 0 Å². The molecule has 6 nitrogen and oxygen atoms in total. The van der Waals surface area contributed by atoms with Gasteiger partial charge in [0.05, 0.1) is 13.7 Å². The molecule has 0 aliphatic carbocycles.